The van der Waals surface area contributed by atoms with Crippen LogP contribution in [0.1, 0.15) is 5.56 Å². The summed E-state index contributed by atoms with van der Waals surface area (Å²) in [6, 6.07) is 12.7. The molecule has 0 saturated heterocycles. The molecule has 21 heavy (non-hydrogen) atoms. The zero-order chi connectivity index (χ0) is 15.0. The molecule has 108 valence electrons. The molecule has 0 radical (unpaired) electrons. The molecule has 3 aromatic rings. The predicted molar refractivity (Wildman–Crippen MR) is 82.1 cm³/mol. The Morgan fingerprint density at radius 3 is 2.67 bits per heavy atom. The van der Waals surface area contributed by atoms with Crippen molar-refractivity contribution in [3.63, 3.8) is 0 Å². The van der Waals surface area contributed by atoms with Crippen LogP contribution in [-0.4, -0.2) is 15.3 Å². The molecule has 0 aliphatic heterocycles. The Morgan fingerprint density at radius 2 is 1.90 bits per heavy atom. The summed E-state index contributed by atoms with van der Waals surface area (Å²) >= 11 is 0.507. The van der Waals surface area contributed by atoms with E-state index in [4.69, 9.17) is 5.73 Å². The molecule has 0 amide bonds. The first-order chi connectivity index (χ1) is 10.1. The fourth-order valence-electron chi connectivity index (χ4n) is 2.35. The van der Waals surface area contributed by atoms with Gasteiger partial charge in [0.25, 0.3) is 5.76 Å². The Morgan fingerprint density at radius 1 is 1.14 bits per heavy atom. The highest BCUT2D eigenvalue weighted by Crippen LogP contribution is 2.34. The number of imidazole rings is 1. The summed E-state index contributed by atoms with van der Waals surface area (Å²) < 4.78 is 27.2. The quantitative estimate of drug-likeness (QED) is 0.736. The first-order valence-corrected chi connectivity index (χ1v) is 7.23. The van der Waals surface area contributed by atoms with Crippen LogP contribution in [0.25, 0.3) is 16.7 Å². The maximum absolute atomic E-state index is 12.7. The van der Waals surface area contributed by atoms with Gasteiger partial charge in [-0.2, -0.15) is 8.78 Å². The van der Waals surface area contributed by atoms with Crippen molar-refractivity contribution in [2.24, 2.45) is 0 Å². The van der Waals surface area contributed by atoms with Gasteiger partial charge >= 0.3 is 0 Å². The van der Waals surface area contributed by atoms with Gasteiger partial charge in [0.05, 0.1) is 16.7 Å². The maximum atomic E-state index is 12.7. The van der Waals surface area contributed by atoms with E-state index >= 15 is 0 Å². The number of hydrogen-bond donors (Lipinski definition) is 1. The summed E-state index contributed by atoms with van der Waals surface area (Å²) in [5.41, 5.74) is 9.22. The summed E-state index contributed by atoms with van der Waals surface area (Å²) in [4.78, 5) is 4.83. The van der Waals surface area contributed by atoms with E-state index in [-0.39, 0.29) is 0 Å². The maximum Gasteiger partial charge on any atom is 0.288 e. The Labute approximate surface area is 124 Å². The lowest BCUT2D eigenvalue weighted by atomic mass is 10.2. The molecule has 3 nitrogen and oxygen atoms in total. The highest BCUT2D eigenvalue weighted by atomic mass is 32.2. The molecule has 1 aromatic heterocycles. The number of alkyl halides is 2. The lowest BCUT2D eigenvalue weighted by molar-refractivity contribution is 0.252. The lowest BCUT2D eigenvalue weighted by Gasteiger charge is -2.11. The number of halogens is 2. The number of anilines is 1. The molecular weight excluding hydrogens is 292 g/mol. The summed E-state index contributed by atoms with van der Waals surface area (Å²) in [6.45, 7) is 1.94. The standard InChI is InChI=1S/C15H13F2N3S/c1-9-5-4-7-11-13(9)19-15(18)20(11)10-6-2-3-8-12(10)21-14(16)17/h2-8,14H,1H3,(H2,18,19). The lowest BCUT2D eigenvalue weighted by Crippen LogP contribution is -2.02. The number of nitrogens with zero attached hydrogens (tertiary/aromatic N) is 2. The van der Waals surface area contributed by atoms with Crippen molar-refractivity contribution in [2.45, 2.75) is 17.6 Å². The van der Waals surface area contributed by atoms with Gasteiger partial charge < -0.3 is 5.73 Å². The molecule has 0 spiro atoms. The average Bonchev–Trinajstić information content (AvgIpc) is 2.77. The molecule has 0 unspecified atom stereocenters. The van der Waals surface area contributed by atoms with Gasteiger partial charge in [-0.15, -0.1) is 0 Å². The molecule has 3 rings (SSSR count). The van der Waals surface area contributed by atoms with E-state index in [1.807, 2.05) is 25.1 Å². The van der Waals surface area contributed by atoms with E-state index in [2.05, 4.69) is 4.98 Å². The molecule has 0 aliphatic rings. The predicted octanol–water partition coefficient (Wildman–Crippen LogP) is 4.23. The van der Waals surface area contributed by atoms with Gasteiger partial charge in [-0.25, -0.2) is 4.98 Å². The van der Waals surface area contributed by atoms with Crippen molar-refractivity contribution in [2.75, 3.05) is 5.73 Å². The van der Waals surface area contributed by atoms with E-state index in [0.29, 0.717) is 28.3 Å². The monoisotopic (exact) mass is 305 g/mol. The van der Waals surface area contributed by atoms with Crippen molar-refractivity contribution in [3.8, 4) is 5.69 Å². The normalized spacial score (nSPS) is 11.4. The molecule has 0 aliphatic carbocycles. The van der Waals surface area contributed by atoms with E-state index in [1.54, 1.807) is 28.8 Å². The van der Waals surface area contributed by atoms with Crippen molar-refractivity contribution in [3.05, 3.63) is 48.0 Å². The smallest absolute Gasteiger partial charge is 0.288 e. The molecule has 1 heterocycles. The third-order valence-corrected chi connectivity index (χ3v) is 4.01. The zero-order valence-corrected chi connectivity index (χ0v) is 12.1. The zero-order valence-electron chi connectivity index (χ0n) is 11.3. The van der Waals surface area contributed by atoms with Crippen LogP contribution in [-0.2, 0) is 0 Å². The van der Waals surface area contributed by atoms with Gasteiger partial charge in [-0.3, -0.25) is 4.57 Å². The molecular formula is C15H13F2N3S. The Hall–Kier alpha value is -2.08. The van der Waals surface area contributed by atoms with Gasteiger partial charge in [0, 0.05) is 4.90 Å². The first kappa shape index (κ1) is 13.9. The molecule has 0 saturated carbocycles. The van der Waals surface area contributed by atoms with Crippen molar-refractivity contribution < 1.29 is 8.78 Å². The van der Waals surface area contributed by atoms with Crippen LogP contribution in [0.5, 0.6) is 0 Å². The average molecular weight is 305 g/mol. The number of rotatable bonds is 3. The second kappa shape index (κ2) is 5.37. The van der Waals surface area contributed by atoms with Crippen molar-refractivity contribution in [1.82, 2.24) is 9.55 Å². The van der Waals surface area contributed by atoms with Crippen LogP contribution in [0.4, 0.5) is 14.7 Å². The van der Waals surface area contributed by atoms with Gasteiger partial charge in [-0.05, 0) is 30.7 Å². The largest absolute Gasteiger partial charge is 0.369 e. The number of thioether (sulfide) groups is 1. The summed E-state index contributed by atoms with van der Waals surface area (Å²) in [6.07, 6.45) is 0. The highest BCUT2D eigenvalue weighted by Gasteiger charge is 2.16. The SMILES string of the molecule is Cc1cccc2c1nc(N)n2-c1ccccc1SC(F)F. The number of benzene rings is 2. The number of aryl methyl sites for hydroxylation is 1. The minimum atomic E-state index is -2.48. The molecule has 2 N–H and O–H groups in total. The number of para-hydroxylation sites is 2. The summed E-state index contributed by atoms with van der Waals surface area (Å²) in [5.74, 6) is -2.19. The Balaban J connectivity index is 2.26. The Kier molecular flexibility index (Phi) is 3.55. The van der Waals surface area contributed by atoms with E-state index < -0.39 is 5.76 Å². The summed E-state index contributed by atoms with van der Waals surface area (Å²) in [7, 11) is 0. The number of hydrogen-bond acceptors (Lipinski definition) is 3. The van der Waals surface area contributed by atoms with Crippen LogP contribution in [0, 0.1) is 6.92 Å². The van der Waals surface area contributed by atoms with Gasteiger partial charge in [0.1, 0.15) is 0 Å². The van der Waals surface area contributed by atoms with E-state index in [9.17, 15) is 8.78 Å². The third kappa shape index (κ3) is 2.47. The van der Waals surface area contributed by atoms with Crippen LogP contribution in [0.2, 0.25) is 0 Å². The molecule has 6 heteroatoms. The molecule has 0 atom stereocenters. The fraction of sp³-hybridized carbons (Fsp3) is 0.133. The fourth-order valence-corrected chi connectivity index (χ4v) is 2.98. The topological polar surface area (TPSA) is 43.8 Å². The van der Waals surface area contributed by atoms with Crippen LogP contribution >= 0.6 is 11.8 Å². The number of aromatic nitrogens is 2. The molecule has 0 fully saturated rings. The van der Waals surface area contributed by atoms with Crippen LogP contribution < -0.4 is 5.73 Å². The first-order valence-electron chi connectivity index (χ1n) is 6.35. The second-order valence-electron chi connectivity index (χ2n) is 4.59. The van der Waals surface area contributed by atoms with Gasteiger partial charge in [0.15, 0.2) is 0 Å². The number of nitrogen functional groups attached to an aromatic ring is 1. The second-order valence-corrected chi connectivity index (χ2v) is 5.63. The van der Waals surface area contributed by atoms with Crippen molar-refractivity contribution in [1.29, 1.82) is 0 Å². The number of fused-ring (bicyclic) bond motifs is 1. The summed E-state index contributed by atoms with van der Waals surface area (Å²) in [5, 5.41) is 0. The molecule has 2 aromatic carbocycles. The Bertz CT molecular complexity index is 799. The highest BCUT2D eigenvalue weighted by molar-refractivity contribution is 7.99. The minimum Gasteiger partial charge on any atom is -0.369 e. The van der Waals surface area contributed by atoms with Crippen LogP contribution in [0.3, 0.4) is 0 Å². The number of nitrogens with two attached hydrogens (primary N) is 1. The van der Waals surface area contributed by atoms with Crippen molar-refractivity contribution >= 4 is 28.7 Å². The van der Waals surface area contributed by atoms with Gasteiger partial charge in [-0.1, -0.05) is 36.0 Å². The van der Waals surface area contributed by atoms with Crippen LogP contribution in [0.15, 0.2) is 47.4 Å². The molecule has 0 bridgehead atoms. The minimum absolute atomic E-state index is 0.293. The third-order valence-electron chi connectivity index (χ3n) is 3.24. The van der Waals surface area contributed by atoms with E-state index in [1.165, 1.54) is 0 Å². The van der Waals surface area contributed by atoms with E-state index in [0.717, 1.165) is 16.6 Å². The van der Waals surface area contributed by atoms with Gasteiger partial charge in [0.2, 0.25) is 5.95 Å².